The molecule has 0 aromatic rings. The monoisotopic (exact) mass is 185 g/mol. The highest BCUT2D eigenvalue weighted by atomic mass is 16.5. The molecule has 0 radical (unpaired) electrons. The van der Waals surface area contributed by atoms with Crippen LogP contribution in [0, 0.1) is 0 Å². The van der Waals surface area contributed by atoms with Crippen LogP contribution in [0.2, 0.25) is 0 Å². The molecule has 1 aliphatic carbocycles. The molecular formula is C9H15NO3. The maximum Gasteiger partial charge on any atom is 0.307 e. The van der Waals surface area contributed by atoms with Gasteiger partial charge in [-0.3, -0.25) is 9.59 Å². The zero-order valence-electron chi connectivity index (χ0n) is 7.84. The lowest BCUT2D eigenvalue weighted by molar-refractivity contribution is -0.143. The first-order valence-corrected chi connectivity index (χ1v) is 4.43. The number of carbonyl (C=O) groups is 2. The van der Waals surface area contributed by atoms with E-state index in [0.29, 0.717) is 25.7 Å². The largest absolute Gasteiger partial charge is 0.469 e. The molecule has 0 aromatic heterocycles. The molecule has 1 fully saturated rings. The van der Waals surface area contributed by atoms with Gasteiger partial charge in [-0.05, 0) is 12.8 Å². The summed E-state index contributed by atoms with van der Waals surface area (Å²) < 4.78 is 4.54. The molecule has 4 nitrogen and oxygen atoms in total. The molecule has 1 rings (SSSR count). The standard InChI is InChI=1S/C9H15NO3/c1-13-8(12)6-9(10)4-2-7(11)3-5-9/h2-6,10H2,1H3. The van der Waals surface area contributed by atoms with Crippen molar-refractivity contribution in [2.45, 2.75) is 37.6 Å². The third-order valence-electron chi connectivity index (χ3n) is 2.53. The lowest BCUT2D eigenvalue weighted by Gasteiger charge is -2.31. The highest BCUT2D eigenvalue weighted by molar-refractivity contribution is 5.80. The van der Waals surface area contributed by atoms with Gasteiger partial charge in [0.15, 0.2) is 0 Å². The molecule has 0 amide bonds. The van der Waals surface area contributed by atoms with Crippen LogP contribution in [0.15, 0.2) is 0 Å². The summed E-state index contributed by atoms with van der Waals surface area (Å²) in [5, 5.41) is 0. The number of esters is 1. The van der Waals surface area contributed by atoms with E-state index in [2.05, 4.69) is 4.74 Å². The van der Waals surface area contributed by atoms with E-state index in [-0.39, 0.29) is 18.2 Å². The van der Waals surface area contributed by atoms with Gasteiger partial charge in [-0.25, -0.2) is 0 Å². The molecule has 0 aliphatic heterocycles. The molecular weight excluding hydrogens is 170 g/mol. The van der Waals surface area contributed by atoms with Gasteiger partial charge >= 0.3 is 5.97 Å². The number of nitrogens with two attached hydrogens (primary N) is 1. The van der Waals surface area contributed by atoms with Gasteiger partial charge in [-0.1, -0.05) is 0 Å². The van der Waals surface area contributed by atoms with E-state index in [0.717, 1.165) is 0 Å². The Kier molecular flexibility index (Phi) is 3.03. The Labute approximate surface area is 77.4 Å². The average molecular weight is 185 g/mol. The van der Waals surface area contributed by atoms with Crippen LogP contribution in [0.3, 0.4) is 0 Å². The Bertz CT molecular complexity index is 215. The van der Waals surface area contributed by atoms with Gasteiger partial charge in [0.05, 0.1) is 13.5 Å². The smallest absolute Gasteiger partial charge is 0.307 e. The second kappa shape index (κ2) is 3.87. The van der Waals surface area contributed by atoms with Crippen LogP contribution in [0.25, 0.3) is 0 Å². The molecule has 74 valence electrons. The summed E-state index contributed by atoms with van der Waals surface area (Å²) in [6.45, 7) is 0. The topological polar surface area (TPSA) is 69.4 Å². The summed E-state index contributed by atoms with van der Waals surface area (Å²) in [4.78, 5) is 21.9. The van der Waals surface area contributed by atoms with E-state index in [4.69, 9.17) is 5.73 Å². The highest BCUT2D eigenvalue weighted by Gasteiger charge is 2.33. The lowest BCUT2D eigenvalue weighted by Crippen LogP contribution is -2.45. The molecule has 0 saturated heterocycles. The Morgan fingerprint density at radius 1 is 1.54 bits per heavy atom. The van der Waals surface area contributed by atoms with Crippen molar-refractivity contribution in [3.63, 3.8) is 0 Å². The van der Waals surface area contributed by atoms with E-state index in [1.807, 2.05) is 0 Å². The molecule has 0 aromatic carbocycles. The number of ether oxygens (including phenoxy) is 1. The van der Waals surface area contributed by atoms with Crippen LogP contribution in [0.5, 0.6) is 0 Å². The molecule has 1 saturated carbocycles. The van der Waals surface area contributed by atoms with Gasteiger partial charge < -0.3 is 10.5 Å². The molecule has 0 bridgehead atoms. The van der Waals surface area contributed by atoms with Gasteiger partial charge in [0.25, 0.3) is 0 Å². The maximum atomic E-state index is 11.0. The zero-order valence-corrected chi connectivity index (χ0v) is 7.84. The SMILES string of the molecule is COC(=O)CC1(N)CCC(=O)CC1. The first kappa shape index (κ1) is 10.2. The Balaban J connectivity index is 2.47. The third kappa shape index (κ3) is 2.81. The molecule has 1 aliphatic rings. The first-order valence-electron chi connectivity index (χ1n) is 4.43. The summed E-state index contributed by atoms with van der Waals surface area (Å²) in [5.41, 5.74) is 5.43. The number of hydrogen-bond donors (Lipinski definition) is 1. The summed E-state index contributed by atoms with van der Waals surface area (Å²) in [5.74, 6) is -0.0530. The van der Waals surface area contributed by atoms with Gasteiger partial charge in [0, 0.05) is 18.4 Å². The lowest BCUT2D eigenvalue weighted by atomic mass is 9.80. The van der Waals surface area contributed by atoms with Crippen LogP contribution in [0.1, 0.15) is 32.1 Å². The molecule has 0 unspecified atom stereocenters. The molecule has 13 heavy (non-hydrogen) atoms. The second-order valence-electron chi connectivity index (χ2n) is 3.65. The van der Waals surface area contributed by atoms with Crippen molar-refractivity contribution in [1.82, 2.24) is 0 Å². The van der Waals surface area contributed by atoms with Crippen molar-refractivity contribution < 1.29 is 14.3 Å². The van der Waals surface area contributed by atoms with E-state index in [1.54, 1.807) is 0 Å². The Morgan fingerprint density at radius 2 is 2.08 bits per heavy atom. The summed E-state index contributed by atoms with van der Waals surface area (Å²) >= 11 is 0. The minimum Gasteiger partial charge on any atom is -0.469 e. The molecule has 0 spiro atoms. The van der Waals surface area contributed by atoms with E-state index < -0.39 is 5.54 Å². The van der Waals surface area contributed by atoms with Gasteiger partial charge in [0.1, 0.15) is 5.78 Å². The number of ketones is 1. The average Bonchev–Trinajstić information content (AvgIpc) is 2.10. The minimum atomic E-state index is -0.513. The minimum absolute atomic E-state index is 0.219. The fraction of sp³-hybridized carbons (Fsp3) is 0.778. The van der Waals surface area contributed by atoms with Crippen molar-refractivity contribution in [3.8, 4) is 0 Å². The second-order valence-corrected chi connectivity index (χ2v) is 3.65. The fourth-order valence-electron chi connectivity index (χ4n) is 1.56. The molecule has 0 atom stereocenters. The molecule has 0 heterocycles. The maximum absolute atomic E-state index is 11.0. The summed E-state index contributed by atoms with van der Waals surface area (Å²) in [6.07, 6.45) is 2.40. The Morgan fingerprint density at radius 3 is 2.54 bits per heavy atom. The van der Waals surface area contributed by atoms with E-state index in [1.165, 1.54) is 7.11 Å². The number of hydrogen-bond acceptors (Lipinski definition) is 4. The third-order valence-corrected chi connectivity index (χ3v) is 2.53. The molecule has 2 N–H and O–H groups in total. The number of methoxy groups -OCH3 is 1. The van der Waals surface area contributed by atoms with Crippen molar-refractivity contribution in [2.24, 2.45) is 5.73 Å². The van der Waals surface area contributed by atoms with Crippen molar-refractivity contribution >= 4 is 11.8 Å². The van der Waals surface area contributed by atoms with Crippen LogP contribution in [0.4, 0.5) is 0 Å². The van der Waals surface area contributed by atoms with Gasteiger partial charge in [-0.15, -0.1) is 0 Å². The van der Waals surface area contributed by atoms with Crippen LogP contribution in [-0.2, 0) is 14.3 Å². The van der Waals surface area contributed by atoms with Crippen molar-refractivity contribution in [3.05, 3.63) is 0 Å². The highest BCUT2D eigenvalue weighted by Crippen LogP contribution is 2.26. The quantitative estimate of drug-likeness (QED) is 0.632. The number of rotatable bonds is 2. The summed E-state index contributed by atoms with van der Waals surface area (Å²) in [6, 6.07) is 0. The number of Topliss-reactive ketones (excluding diaryl/α,β-unsaturated/α-hetero) is 1. The number of carbonyl (C=O) groups excluding carboxylic acids is 2. The fourth-order valence-corrected chi connectivity index (χ4v) is 1.56. The Hall–Kier alpha value is -0.900. The normalized spacial score (nSPS) is 21.2. The summed E-state index contributed by atoms with van der Waals surface area (Å²) in [7, 11) is 1.35. The van der Waals surface area contributed by atoms with Crippen LogP contribution in [-0.4, -0.2) is 24.4 Å². The van der Waals surface area contributed by atoms with Gasteiger partial charge in [-0.2, -0.15) is 0 Å². The van der Waals surface area contributed by atoms with Crippen molar-refractivity contribution in [2.75, 3.05) is 7.11 Å². The van der Waals surface area contributed by atoms with E-state index >= 15 is 0 Å². The predicted molar refractivity (Wildman–Crippen MR) is 47.0 cm³/mol. The molecule has 4 heteroatoms. The van der Waals surface area contributed by atoms with Crippen LogP contribution >= 0.6 is 0 Å². The zero-order chi connectivity index (χ0) is 9.90. The van der Waals surface area contributed by atoms with Crippen molar-refractivity contribution in [1.29, 1.82) is 0 Å². The van der Waals surface area contributed by atoms with E-state index in [9.17, 15) is 9.59 Å². The van der Waals surface area contributed by atoms with Gasteiger partial charge in [0.2, 0.25) is 0 Å². The predicted octanol–water partition coefficient (Wildman–Crippen LogP) is 0.390. The first-order chi connectivity index (χ1) is 6.06. The van der Waals surface area contributed by atoms with Crippen LogP contribution < -0.4 is 5.73 Å².